The van der Waals surface area contributed by atoms with E-state index in [0.717, 1.165) is 16.3 Å². The first-order chi connectivity index (χ1) is 16.0. The molecule has 2 N–H and O–H groups in total. The Morgan fingerprint density at radius 2 is 1.67 bits per heavy atom. The van der Waals surface area contributed by atoms with Crippen LogP contribution in [-0.4, -0.2) is 44.7 Å². The van der Waals surface area contributed by atoms with Gasteiger partial charge >= 0.3 is 0 Å². The van der Waals surface area contributed by atoms with E-state index >= 15 is 0 Å². The van der Waals surface area contributed by atoms with Gasteiger partial charge in [0.05, 0.1) is 45.6 Å². The van der Waals surface area contributed by atoms with E-state index in [1.54, 1.807) is 5.38 Å². The van der Waals surface area contributed by atoms with E-state index in [-0.39, 0.29) is 12.0 Å². The van der Waals surface area contributed by atoms with Crippen LogP contribution in [0.15, 0.2) is 41.8 Å². The van der Waals surface area contributed by atoms with Gasteiger partial charge in [0.15, 0.2) is 11.5 Å². The van der Waals surface area contributed by atoms with Crippen molar-refractivity contribution in [2.75, 3.05) is 27.9 Å². The van der Waals surface area contributed by atoms with Crippen LogP contribution in [0.25, 0.3) is 10.6 Å². The van der Waals surface area contributed by atoms with Crippen molar-refractivity contribution in [1.82, 2.24) is 15.8 Å². The highest BCUT2D eigenvalue weighted by atomic mass is 32.1. The Labute approximate surface area is 195 Å². The maximum Gasteiger partial charge on any atom is 0.269 e. The van der Waals surface area contributed by atoms with Crippen LogP contribution < -0.4 is 29.8 Å². The number of hydrogen-bond acceptors (Lipinski definition) is 8. The molecule has 0 fully saturated rings. The van der Waals surface area contributed by atoms with Crippen LogP contribution in [0.2, 0.25) is 0 Å². The van der Waals surface area contributed by atoms with Gasteiger partial charge in [0, 0.05) is 10.9 Å². The predicted octanol–water partition coefficient (Wildman–Crippen LogP) is 3.24. The number of amides is 2. The lowest BCUT2D eigenvalue weighted by molar-refractivity contribution is -0.121. The topological polar surface area (TPSA) is 108 Å². The Morgan fingerprint density at radius 3 is 2.30 bits per heavy atom. The first kappa shape index (κ1) is 23.9. The van der Waals surface area contributed by atoms with Gasteiger partial charge in [-0.1, -0.05) is 12.1 Å². The van der Waals surface area contributed by atoms with E-state index < -0.39 is 11.8 Å². The van der Waals surface area contributed by atoms with Crippen molar-refractivity contribution in [3.63, 3.8) is 0 Å². The number of hydrogen-bond donors (Lipinski definition) is 2. The molecule has 1 heterocycles. The SMILES string of the molecule is CCOc1ccccc1-c1nc(CC(=O)NNC(=O)c2cc(OC)c(OC)c(OC)c2)cs1. The van der Waals surface area contributed by atoms with Crippen molar-refractivity contribution in [3.05, 3.63) is 53.0 Å². The van der Waals surface area contributed by atoms with Gasteiger partial charge in [0.2, 0.25) is 11.7 Å². The summed E-state index contributed by atoms with van der Waals surface area (Å²) < 4.78 is 21.4. The highest BCUT2D eigenvalue weighted by Gasteiger charge is 2.18. The lowest BCUT2D eigenvalue weighted by Crippen LogP contribution is -2.42. The Morgan fingerprint density at radius 1 is 0.970 bits per heavy atom. The zero-order valence-electron chi connectivity index (χ0n) is 18.8. The van der Waals surface area contributed by atoms with Crippen LogP contribution in [0.1, 0.15) is 23.0 Å². The van der Waals surface area contributed by atoms with Gasteiger partial charge in [-0.25, -0.2) is 4.98 Å². The molecule has 0 aliphatic rings. The minimum absolute atomic E-state index is 0.00281. The van der Waals surface area contributed by atoms with Crippen molar-refractivity contribution < 1.29 is 28.5 Å². The number of methoxy groups -OCH3 is 3. The smallest absolute Gasteiger partial charge is 0.269 e. The lowest BCUT2D eigenvalue weighted by Gasteiger charge is -2.14. The molecule has 174 valence electrons. The maximum atomic E-state index is 12.5. The van der Waals surface area contributed by atoms with E-state index in [4.69, 9.17) is 18.9 Å². The Bertz CT molecular complexity index is 1110. The third kappa shape index (κ3) is 5.72. The summed E-state index contributed by atoms with van der Waals surface area (Å²) >= 11 is 1.42. The van der Waals surface area contributed by atoms with Gasteiger partial charge < -0.3 is 18.9 Å². The lowest BCUT2D eigenvalue weighted by atomic mass is 10.1. The molecule has 2 aromatic carbocycles. The van der Waals surface area contributed by atoms with Crippen LogP contribution in [0.5, 0.6) is 23.0 Å². The monoisotopic (exact) mass is 471 g/mol. The highest BCUT2D eigenvalue weighted by Crippen LogP contribution is 2.38. The molecule has 10 heteroatoms. The number of aromatic nitrogens is 1. The van der Waals surface area contributed by atoms with E-state index in [2.05, 4.69) is 15.8 Å². The Kier molecular flexibility index (Phi) is 8.09. The van der Waals surface area contributed by atoms with Crippen LogP contribution >= 0.6 is 11.3 Å². The Hall–Kier alpha value is -3.79. The molecule has 0 saturated carbocycles. The van der Waals surface area contributed by atoms with Gasteiger partial charge in [-0.2, -0.15) is 0 Å². The third-order valence-electron chi connectivity index (χ3n) is 4.55. The zero-order valence-corrected chi connectivity index (χ0v) is 19.6. The van der Waals surface area contributed by atoms with Crippen molar-refractivity contribution in [1.29, 1.82) is 0 Å². The van der Waals surface area contributed by atoms with Crippen molar-refractivity contribution >= 4 is 23.2 Å². The molecule has 33 heavy (non-hydrogen) atoms. The molecule has 0 unspecified atom stereocenters. The summed E-state index contributed by atoms with van der Waals surface area (Å²) in [6.45, 7) is 2.46. The number of nitrogens with one attached hydrogen (secondary N) is 2. The van der Waals surface area contributed by atoms with E-state index in [0.29, 0.717) is 29.5 Å². The number of nitrogens with zero attached hydrogens (tertiary/aromatic N) is 1. The average molecular weight is 472 g/mol. The molecule has 0 radical (unpaired) electrons. The average Bonchev–Trinajstić information content (AvgIpc) is 3.30. The standard InChI is InChI=1S/C23H25N3O6S/c1-5-32-17-9-7-6-8-16(17)23-24-15(13-33-23)12-20(27)25-26-22(28)14-10-18(29-2)21(31-4)19(11-14)30-3/h6-11,13H,5,12H2,1-4H3,(H,25,27)(H,26,28). The van der Waals surface area contributed by atoms with Gasteiger partial charge in [0.1, 0.15) is 10.8 Å². The van der Waals surface area contributed by atoms with Gasteiger partial charge in [0.25, 0.3) is 5.91 Å². The molecule has 2 amide bonds. The van der Waals surface area contributed by atoms with Crippen molar-refractivity contribution in [3.8, 4) is 33.6 Å². The number of benzene rings is 2. The molecule has 9 nitrogen and oxygen atoms in total. The number of para-hydroxylation sites is 1. The molecule has 0 bridgehead atoms. The number of rotatable bonds is 9. The molecular formula is C23H25N3O6S. The summed E-state index contributed by atoms with van der Waals surface area (Å²) in [6.07, 6.45) is 0.00281. The predicted molar refractivity (Wildman–Crippen MR) is 124 cm³/mol. The molecule has 0 aliphatic heterocycles. The first-order valence-corrected chi connectivity index (χ1v) is 10.9. The van der Waals surface area contributed by atoms with Crippen LogP contribution in [0.4, 0.5) is 0 Å². The van der Waals surface area contributed by atoms with Gasteiger partial charge in [-0.05, 0) is 31.2 Å². The van der Waals surface area contributed by atoms with E-state index in [1.165, 1.54) is 44.8 Å². The number of carbonyl (C=O) groups excluding carboxylic acids is 2. The quantitative estimate of drug-likeness (QED) is 0.461. The molecular weight excluding hydrogens is 446 g/mol. The second-order valence-electron chi connectivity index (χ2n) is 6.67. The fraction of sp³-hybridized carbons (Fsp3) is 0.261. The van der Waals surface area contributed by atoms with Gasteiger partial charge in [-0.15, -0.1) is 11.3 Å². The number of thiazole rings is 1. The third-order valence-corrected chi connectivity index (χ3v) is 5.48. The second kappa shape index (κ2) is 11.2. The summed E-state index contributed by atoms with van der Waals surface area (Å²) in [4.78, 5) is 29.4. The zero-order chi connectivity index (χ0) is 23.8. The molecule has 3 aromatic rings. The van der Waals surface area contributed by atoms with Crippen molar-refractivity contribution in [2.24, 2.45) is 0 Å². The molecule has 3 rings (SSSR count). The van der Waals surface area contributed by atoms with Gasteiger partial charge in [-0.3, -0.25) is 20.4 Å². The molecule has 0 atom stereocenters. The second-order valence-corrected chi connectivity index (χ2v) is 7.52. The number of carbonyl (C=O) groups is 2. The van der Waals surface area contributed by atoms with Crippen LogP contribution in [0, 0.1) is 0 Å². The minimum atomic E-state index is -0.535. The normalized spacial score (nSPS) is 10.3. The number of hydrazine groups is 1. The van der Waals surface area contributed by atoms with Crippen LogP contribution in [0.3, 0.4) is 0 Å². The summed E-state index contributed by atoms with van der Waals surface area (Å²) in [5.74, 6) is 0.818. The summed E-state index contributed by atoms with van der Waals surface area (Å²) in [5.41, 5.74) is 6.47. The minimum Gasteiger partial charge on any atom is -0.493 e. The largest absolute Gasteiger partial charge is 0.493 e. The number of ether oxygens (including phenoxy) is 4. The maximum absolute atomic E-state index is 12.5. The Balaban J connectivity index is 1.63. The fourth-order valence-corrected chi connectivity index (χ4v) is 3.91. The highest BCUT2D eigenvalue weighted by molar-refractivity contribution is 7.13. The fourth-order valence-electron chi connectivity index (χ4n) is 3.06. The summed E-state index contributed by atoms with van der Waals surface area (Å²) in [7, 11) is 4.38. The summed E-state index contributed by atoms with van der Waals surface area (Å²) in [5, 5.41) is 2.56. The first-order valence-electron chi connectivity index (χ1n) is 10.1. The molecule has 0 aliphatic carbocycles. The van der Waals surface area contributed by atoms with E-state index in [9.17, 15) is 9.59 Å². The molecule has 1 aromatic heterocycles. The van der Waals surface area contributed by atoms with E-state index in [1.807, 2.05) is 31.2 Å². The molecule has 0 saturated heterocycles. The molecule has 0 spiro atoms. The van der Waals surface area contributed by atoms with Crippen LogP contribution in [-0.2, 0) is 11.2 Å². The van der Waals surface area contributed by atoms with Crippen molar-refractivity contribution in [2.45, 2.75) is 13.3 Å². The summed E-state index contributed by atoms with van der Waals surface area (Å²) in [6, 6.07) is 10.6.